The van der Waals surface area contributed by atoms with Crippen LogP contribution in [0.5, 0.6) is 0 Å². The predicted octanol–water partition coefficient (Wildman–Crippen LogP) is 5.30. The highest BCUT2D eigenvalue weighted by Crippen LogP contribution is 2.33. The fraction of sp³-hybridized carbons (Fsp3) is 0.276. The lowest BCUT2D eigenvalue weighted by Gasteiger charge is -2.23. The molecule has 174 valence electrons. The molecule has 0 spiro atoms. The van der Waals surface area contributed by atoms with E-state index in [2.05, 4.69) is 23.5 Å². The third-order valence-corrected chi connectivity index (χ3v) is 6.16. The smallest absolute Gasteiger partial charge is 0.240 e. The lowest BCUT2D eigenvalue weighted by atomic mass is 9.99. The van der Waals surface area contributed by atoms with Crippen LogP contribution in [0.25, 0.3) is 0 Å². The second-order valence-electron chi connectivity index (χ2n) is 9.02. The Morgan fingerprint density at radius 2 is 1.76 bits per heavy atom. The number of anilines is 1. The number of nitrogens with zero attached hydrogens (tertiary/aromatic N) is 2. The normalized spacial score (nSPS) is 14.1. The number of amides is 2. The molecule has 0 fully saturated rings. The molecule has 2 amide bonds. The van der Waals surface area contributed by atoms with Gasteiger partial charge in [0.05, 0.1) is 23.5 Å². The zero-order valence-corrected chi connectivity index (χ0v) is 20.0. The highest BCUT2D eigenvalue weighted by molar-refractivity contribution is 6.19. The first-order chi connectivity index (χ1) is 16.4. The van der Waals surface area contributed by atoms with Gasteiger partial charge >= 0.3 is 0 Å². The van der Waals surface area contributed by atoms with Crippen molar-refractivity contribution in [3.8, 4) is 0 Å². The van der Waals surface area contributed by atoms with Crippen molar-refractivity contribution < 1.29 is 9.59 Å². The Morgan fingerprint density at radius 3 is 2.53 bits per heavy atom. The number of nitrogens with one attached hydrogen (secondary N) is 1. The molecule has 0 saturated heterocycles. The van der Waals surface area contributed by atoms with Crippen molar-refractivity contribution in [1.82, 2.24) is 5.32 Å². The molecule has 5 heteroatoms. The molecule has 1 unspecified atom stereocenters. The average Bonchev–Trinajstić information content (AvgIpc) is 2.95. The van der Waals surface area contributed by atoms with Crippen LogP contribution in [0.4, 0.5) is 11.4 Å². The second kappa shape index (κ2) is 10.5. The number of rotatable bonds is 7. The van der Waals surface area contributed by atoms with Gasteiger partial charge in [0.25, 0.3) is 0 Å². The summed E-state index contributed by atoms with van der Waals surface area (Å²) in [5.74, 6) is -0.297. The van der Waals surface area contributed by atoms with Crippen LogP contribution in [-0.4, -0.2) is 30.1 Å². The first-order valence-electron chi connectivity index (χ1n) is 11.8. The highest BCUT2D eigenvalue weighted by Gasteiger charge is 2.27. The van der Waals surface area contributed by atoms with E-state index in [4.69, 9.17) is 4.99 Å². The molecule has 1 atom stereocenters. The Bertz CT molecular complexity index is 1220. The van der Waals surface area contributed by atoms with Gasteiger partial charge in [-0.05, 0) is 62.4 Å². The van der Waals surface area contributed by atoms with Gasteiger partial charge in [0.15, 0.2) is 0 Å². The van der Waals surface area contributed by atoms with Gasteiger partial charge in [0.2, 0.25) is 11.8 Å². The van der Waals surface area contributed by atoms with Crippen LogP contribution < -0.4 is 10.2 Å². The number of carbonyl (C=O) groups is 2. The minimum Gasteiger partial charge on any atom is -0.352 e. The van der Waals surface area contributed by atoms with E-state index in [1.165, 1.54) is 11.1 Å². The van der Waals surface area contributed by atoms with E-state index in [1.54, 1.807) is 4.90 Å². The Morgan fingerprint density at radius 1 is 1.03 bits per heavy atom. The van der Waals surface area contributed by atoms with Crippen molar-refractivity contribution in [2.24, 2.45) is 4.99 Å². The number of benzene rings is 3. The van der Waals surface area contributed by atoms with Crippen LogP contribution in [0, 0.1) is 13.8 Å². The first kappa shape index (κ1) is 23.4. The Balaban J connectivity index is 1.48. The number of fused-ring (bicyclic) bond motifs is 1. The summed E-state index contributed by atoms with van der Waals surface area (Å²) in [5.41, 5.74) is 6.57. The molecule has 0 radical (unpaired) electrons. The molecule has 1 aliphatic rings. The SMILES string of the molecule is Cc1ccc(C2=Nc3ccccc3N(CC(=O)NC(C)CCc3ccccc3)C(=O)C2)c(C)c1. The summed E-state index contributed by atoms with van der Waals surface area (Å²) in [6.07, 6.45) is 1.87. The van der Waals surface area contributed by atoms with Crippen molar-refractivity contribution in [3.63, 3.8) is 0 Å². The molecule has 0 bridgehead atoms. The third-order valence-electron chi connectivity index (χ3n) is 6.16. The maximum atomic E-state index is 13.3. The molecule has 1 N–H and O–H groups in total. The molecule has 0 saturated carbocycles. The van der Waals surface area contributed by atoms with Crippen molar-refractivity contribution in [1.29, 1.82) is 0 Å². The zero-order chi connectivity index (χ0) is 24.1. The average molecular weight is 454 g/mol. The summed E-state index contributed by atoms with van der Waals surface area (Å²) in [7, 11) is 0. The summed E-state index contributed by atoms with van der Waals surface area (Å²) in [6.45, 7) is 6.06. The fourth-order valence-corrected chi connectivity index (χ4v) is 4.38. The standard InChI is InChI=1S/C29H31N3O2/c1-20-13-16-24(21(2)17-20)26-18-29(34)32(27-12-8-7-11-25(27)31-26)19-28(33)30-22(3)14-15-23-9-5-4-6-10-23/h4-13,16-17,22H,14-15,18-19H2,1-3H3,(H,30,33). The van der Waals surface area contributed by atoms with Gasteiger partial charge in [0.1, 0.15) is 6.54 Å². The lowest BCUT2D eigenvalue weighted by molar-refractivity contribution is -0.123. The number of carbonyl (C=O) groups excluding carboxylic acids is 2. The van der Waals surface area contributed by atoms with Crippen LogP contribution in [0.3, 0.4) is 0 Å². The molecule has 1 aliphatic heterocycles. The minimum atomic E-state index is -0.168. The molecule has 0 aliphatic carbocycles. The van der Waals surface area contributed by atoms with Crippen molar-refractivity contribution in [3.05, 3.63) is 95.1 Å². The van der Waals surface area contributed by atoms with Crippen LogP contribution >= 0.6 is 0 Å². The van der Waals surface area contributed by atoms with Crippen molar-refractivity contribution in [2.75, 3.05) is 11.4 Å². The number of hydrogen-bond acceptors (Lipinski definition) is 3. The molecule has 3 aromatic carbocycles. The van der Waals surface area contributed by atoms with Gasteiger partial charge in [-0.3, -0.25) is 14.6 Å². The number of hydrogen-bond donors (Lipinski definition) is 1. The highest BCUT2D eigenvalue weighted by atomic mass is 16.2. The molecule has 5 nitrogen and oxygen atoms in total. The third kappa shape index (κ3) is 5.60. The van der Waals surface area contributed by atoms with E-state index >= 15 is 0 Å². The Hall–Kier alpha value is -3.73. The molecule has 4 rings (SSSR count). The predicted molar refractivity (Wildman–Crippen MR) is 138 cm³/mol. The Labute approximate surface area is 201 Å². The summed E-state index contributed by atoms with van der Waals surface area (Å²) >= 11 is 0. The van der Waals surface area contributed by atoms with Gasteiger partial charge in [-0.15, -0.1) is 0 Å². The summed E-state index contributed by atoms with van der Waals surface area (Å²) in [4.78, 5) is 32.7. The first-order valence-corrected chi connectivity index (χ1v) is 11.8. The maximum Gasteiger partial charge on any atom is 0.240 e. The van der Waals surface area contributed by atoms with Crippen molar-refractivity contribution in [2.45, 2.75) is 46.1 Å². The molecular formula is C29H31N3O2. The lowest BCUT2D eigenvalue weighted by Crippen LogP contribution is -2.44. The Kier molecular flexibility index (Phi) is 7.21. The van der Waals surface area contributed by atoms with Crippen LogP contribution in [0.2, 0.25) is 0 Å². The summed E-state index contributed by atoms with van der Waals surface area (Å²) in [5, 5.41) is 3.06. The molecule has 0 aromatic heterocycles. The van der Waals surface area contributed by atoms with E-state index in [0.29, 0.717) is 11.4 Å². The molecular weight excluding hydrogens is 422 g/mol. The topological polar surface area (TPSA) is 61.8 Å². The number of para-hydroxylation sites is 2. The summed E-state index contributed by atoms with van der Waals surface area (Å²) < 4.78 is 0. The largest absolute Gasteiger partial charge is 0.352 e. The van der Waals surface area contributed by atoms with E-state index in [1.807, 2.05) is 75.4 Å². The van der Waals surface area contributed by atoms with E-state index in [0.717, 1.165) is 29.7 Å². The van der Waals surface area contributed by atoms with Crippen molar-refractivity contribution >= 4 is 28.9 Å². The quantitative estimate of drug-likeness (QED) is 0.528. The minimum absolute atomic E-state index is 0.00653. The van der Waals surface area contributed by atoms with E-state index in [9.17, 15) is 9.59 Å². The van der Waals surface area contributed by atoms with E-state index < -0.39 is 0 Å². The number of aliphatic imine (C=N–C) groups is 1. The molecule has 34 heavy (non-hydrogen) atoms. The zero-order valence-electron chi connectivity index (χ0n) is 20.0. The van der Waals surface area contributed by atoms with Crippen LogP contribution in [-0.2, 0) is 16.0 Å². The van der Waals surface area contributed by atoms with Crippen LogP contribution in [0.15, 0.2) is 77.8 Å². The summed E-state index contributed by atoms with van der Waals surface area (Å²) in [6, 6.07) is 23.9. The van der Waals surface area contributed by atoms with Gasteiger partial charge < -0.3 is 10.2 Å². The molecule has 3 aromatic rings. The van der Waals surface area contributed by atoms with Gasteiger partial charge in [-0.2, -0.15) is 0 Å². The fourth-order valence-electron chi connectivity index (χ4n) is 4.38. The van der Waals surface area contributed by atoms with Crippen LogP contribution in [0.1, 0.15) is 42.0 Å². The maximum absolute atomic E-state index is 13.3. The number of aryl methyl sites for hydroxylation is 3. The van der Waals surface area contributed by atoms with Gasteiger partial charge in [-0.1, -0.05) is 66.2 Å². The van der Waals surface area contributed by atoms with E-state index in [-0.39, 0.29) is 30.8 Å². The van der Waals surface area contributed by atoms with Gasteiger partial charge in [-0.25, -0.2) is 0 Å². The second-order valence-corrected chi connectivity index (χ2v) is 9.02. The monoisotopic (exact) mass is 453 g/mol. The van der Waals surface area contributed by atoms with Gasteiger partial charge in [0, 0.05) is 6.04 Å². The molecule has 1 heterocycles.